The molecule has 0 aliphatic heterocycles. The zero-order valence-electron chi connectivity index (χ0n) is 15.4. The van der Waals surface area contributed by atoms with Crippen LogP contribution in [-0.4, -0.2) is 48.3 Å². The van der Waals surface area contributed by atoms with Crippen molar-refractivity contribution in [3.63, 3.8) is 0 Å². The number of nitrogens with one attached hydrogen (secondary N) is 1. The number of halogens is 3. The topological polar surface area (TPSA) is 150 Å². The van der Waals surface area contributed by atoms with E-state index in [1.807, 2.05) is 0 Å². The van der Waals surface area contributed by atoms with E-state index in [1.165, 1.54) is 41.5 Å². The van der Waals surface area contributed by atoms with Crippen molar-refractivity contribution in [2.45, 2.75) is 58.3 Å². The van der Waals surface area contributed by atoms with Gasteiger partial charge in [-0.2, -0.15) is 26.6 Å². The summed E-state index contributed by atoms with van der Waals surface area (Å²) in [5.41, 5.74) is -7.93. The van der Waals surface area contributed by atoms with Crippen LogP contribution < -0.4 is 11.2 Å². The number of amides is 2. The predicted molar refractivity (Wildman–Crippen MR) is 85.1 cm³/mol. The summed E-state index contributed by atoms with van der Waals surface area (Å²) in [4.78, 5) is 23.6. The Hall–Kier alpha value is -2.29. The van der Waals surface area contributed by atoms with Crippen LogP contribution in [-0.2, 0) is 23.9 Å². The highest BCUT2D eigenvalue weighted by Crippen LogP contribution is 2.24. The lowest BCUT2D eigenvalue weighted by atomic mass is 10.2. The summed E-state index contributed by atoms with van der Waals surface area (Å²) in [6.07, 6.45) is -2.70. The fourth-order valence-electron chi connectivity index (χ4n) is 1.05. The van der Waals surface area contributed by atoms with Crippen LogP contribution in [0, 0.1) is 0 Å². The van der Waals surface area contributed by atoms with E-state index >= 15 is 0 Å². The number of rotatable bonds is 2. The lowest BCUT2D eigenvalue weighted by molar-refractivity contribution is -0.0541. The van der Waals surface area contributed by atoms with E-state index in [0.717, 1.165) is 0 Å². The van der Waals surface area contributed by atoms with Crippen molar-refractivity contribution < 1.29 is 44.9 Å². The van der Waals surface area contributed by atoms with Gasteiger partial charge in [0.1, 0.15) is 11.2 Å². The molecule has 0 heterocycles. The molecule has 0 rings (SSSR count). The number of guanidine groups is 1. The second-order valence-corrected chi connectivity index (χ2v) is 8.39. The van der Waals surface area contributed by atoms with Gasteiger partial charge in [0.15, 0.2) is 0 Å². The third-order valence-corrected chi connectivity index (χ3v) is 2.77. The molecule has 0 bridgehead atoms. The number of nitrogens with two attached hydrogens (primary N) is 1. The number of hydrogen-bond donors (Lipinski definition) is 2. The Bertz CT molecular complexity index is 693. The summed E-state index contributed by atoms with van der Waals surface area (Å²) < 4.78 is 71.9. The Morgan fingerprint density at radius 1 is 1.00 bits per heavy atom. The molecule has 0 aromatic heterocycles. The van der Waals surface area contributed by atoms with Gasteiger partial charge < -0.3 is 9.47 Å². The molecular weight excluding hydrogens is 401 g/mol. The van der Waals surface area contributed by atoms with Gasteiger partial charge in [-0.15, -0.1) is 0 Å². The van der Waals surface area contributed by atoms with Gasteiger partial charge in [0, 0.05) is 0 Å². The molecule has 0 radical (unpaired) electrons. The molecule has 0 atom stereocenters. The Morgan fingerprint density at radius 3 is 1.81 bits per heavy atom. The van der Waals surface area contributed by atoms with E-state index < -0.39 is 45.0 Å². The smallest absolute Gasteiger partial charge is 0.444 e. The van der Waals surface area contributed by atoms with E-state index in [9.17, 15) is 31.2 Å². The number of oxime groups is 1. The first-order chi connectivity index (χ1) is 11.8. The van der Waals surface area contributed by atoms with Gasteiger partial charge in [-0.1, -0.05) is 0 Å². The van der Waals surface area contributed by atoms with Gasteiger partial charge in [-0.05, 0) is 46.7 Å². The van der Waals surface area contributed by atoms with Gasteiger partial charge in [-0.25, -0.2) is 15.4 Å². The summed E-state index contributed by atoms with van der Waals surface area (Å²) in [6.45, 7) is 8.72. The lowest BCUT2D eigenvalue weighted by Crippen LogP contribution is -2.53. The maximum absolute atomic E-state index is 12.3. The van der Waals surface area contributed by atoms with Crippen LogP contribution in [0.2, 0.25) is 0 Å². The van der Waals surface area contributed by atoms with Crippen LogP contribution in [0.15, 0.2) is 5.16 Å². The van der Waals surface area contributed by atoms with Gasteiger partial charge in [0.05, 0.1) is 0 Å². The second kappa shape index (κ2) is 8.16. The third kappa shape index (κ3) is 9.28. The highest BCUT2D eigenvalue weighted by Gasteiger charge is 2.49. The zero-order valence-corrected chi connectivity index (χ0v) is 16.2. The van der Waals surface area contributed by atoms with Crippen LogP contribution >= 0.6 is 0 Å². The number of alkyl halides is 3. The molecule has 158 valence electrons. The summed E-state index contributed by atoms with van der Waals surface area (Å²) in [5.74, 6) is 4.09. The quantitative estimate of drug-likeness (QED) is 0.171. The number of nitrogens with zero attached hydrogens (tertiary/aromatic N) is 2. The van der Waals surface area contributed by atoms with Crippen LogP contribution in [0.1, 0.15) is 41.5 Å². The van der Waals surface area contributed by atoms with E-state index in [1.54, 1.807) is 5.32 Å². The minimum Gasteiger partial charge on any atom is -0.444 e. The molecule has 0 saturated heterocycles. The first-order valence-corrected chi connectivity index (χ1v) is 8.52. The number of carbonyl (C=O) groups excluding carboxylic acids is 2. The number of carbonyl (C=O) groups is 2. The van der Waals surface area contributed by atoms with Crippen molar-refractivity contribution in [1.82, 2.24) is 10.3 Å². The Balaban J connectivity index is 5.66. The minimum atomic E-state index is -6.17. The minimum absolute atomic E-state index is 0.0684. The molecule has 0 unspecified atom stereocenters. The summed E-state index contributed by atoms with van der Waals surface area (Å²) >= 11 is 0. The standard InChI is InChI=1S/C12H21F3N4O7S/c1-10(2,3)24-8(20)17-7(18-26-27(22,23)12(13,14)15)19(16)9(21)25-11(4,5)6/h16H2,1-6H3,(H,17,18,20). The van der Waals surface area contributed by atoms with Gasteiger partial charge in [0.25, 0.3) is 5.96 Å². The average molecular weight is 422 g/mol. The van der Waals surface area contributed by atoms with Crippen LogP contribution in [0.4, 0.5) is 22.8 Å². The normalized spacial score (nSPS) is 13.6. The molecule has 2 amide bonds. The third-order valence-electron chi connectivity index (χ3n) is 1.94. The molecule has 0 aliphatic rings. The molecule has 0 aromatic carbocycles. The van der Waals surface area contributed by atoms with Crippen molar-refractivity contribution in [2.75, 3.05) is 0 Å². The molecule has 0 spiro atoms. The van der Waals surface area contributed by atoms with Gasteiger partial charge in [-0.3, -0.25) is 9.60 Å². The summed E-state index contributed by atoms with van der Waals surface area (Å²) in [5, 5.41) is 4.21. The van der Waals surface area contributed by atoms with Gasteiger partial charge >= 0.3 is 27.8 Å². The number of alkyl carbamates (subject to hydrolysis) is 1. The highest BCUT2D eigenvalue weighted by molar-refractivity contribution is 7.87. The molecule has 11 nitrogen and oxygen atoms in total. The van der Waals surface area contributed by atoms with E-state index in [2.05, 4.69) is 9.44 Å². The summed E-state index contributed by atoms with van der Waals surface area (Å²) in [6, 6.07) is 0. The lowest BCUT2D eigenvalue weighted by Gasteiger charge is -2.25. The van der Waals surface area contributed by atoms with E-state index in [-0.39, 0.29) is 5.01 Å². The van der Waals surface area contributed by atoms with Crippen molar-refractivity contribution in [2.24, 2.45) is 11.0 Å². The first-order valence-electron chi connectivity index (χ1n) is 7.11. The fraction of sp³-hybridized carbons (Fsp3) is 0.750. The van der Waals surface area contributed by atoms with Gasteiger partial charge in [0.2, 0.25) is 0 Å². The molecule has 0 aromatic rings. The van der Waals surface area contributed by atoms with Crippen molar-refractivity contribution in [3.8, 4) is 0 Å². The molecule has 3 N–H and O–H groups in total. The van der Waals surface area contributed by atoms with E-state index in [4.69, 9.17) is 15.3 Å². The molecule has 27 heavy (non-hydrogen) atoms. The SMILES string of the molecule is CC(C)(C)OC(=O)N/C(=N\OS(=O)(=O)C(F)(F)F)N(N)C(=O)OC(C)(C)C. The van der Waals surface area contributed by atoms with Crippen molar-refractivity contribution in [3.05, 3.63) is 0 Å². The molecule has 0 aliphatic carbocycles. The Morgan fingerprint density at radius 2 is 1.44 bits per heavy atom. The number of hydrogen-bond acceptors (Lipinski definition) is 9. The molecular formula is C12H21F3N4O7S. The fourth-order valence-corrected chi connectivity index (χ4v) is 1.30. The molecule has 0 fully saturated rings. The number of hydrazine groups is 1. The predicted octanol–water partition coefficient (Wildman–Crippen LogP) is 1.76. The van der Waals surface area contributed by atoms with Crippen LogP contribution in [0.25, 0.3) is 0 Å². The van der Waals surface area contributed by atoms with E-state index in [0.29, 0.717) is 0 Å². The van der Waals surface area contributed by atoms with Crippen molar-refractivity contribution >= 4 is 28.3 Å². The summed E-state index contributed by atoms with van der Waals surface area (Å²) in [7, 11) is -6.17. The van der Waals surface area contributed by atoms with Crippen LogP contribution in [0.5, 0.6) is 0 Å². The molecule has 0 saturated carbocycles. The van der Waals surface area contributed by atoms with Crippen molar-refractivity contribution in [1.29, 1.82) is 0 Å². The van der Waals surface area contributed by atoms with Crippen LogP contribution in [0.3, 0.4) is 0 Å². The Labute approximate surface area is 153 Å². The largest absolute Gasteiger partial charge is 0.536 e. The monoisotopic (exact) mass is 422 g/mol. The second-order valence-electron chi connectivity index (χ2n) is 6.87. The molecule has 15 heteroatoms. The average Bonchev–Trinajstić information content (AvgIpc) is 2.37. The number of ether oxygens (including phenoxy) is 2. The first kappa shape index (κ1) is 24.7. The highest BCUT2D eigenvalue weighted by atomic mass is 32.2. The Kier molecular flexibility index (Phi) is 7.47. The maximum Gasteiger partial charge on any atom is 0.536 e. The zero-order chi connectivity index (χ0) is 21.8. The maximum atomic E-state index is 12.3.